The van der Waals surface area contributed by atoms with Gasteiger partial charge < -0.3 is 14.8 Å². The predicted octanol–water partition coefficient (Wildman–Crippen LogP) is 0.0688. The molecular weight excluding hydrogens is 236 g/mol. The Bertz CT molecular complexity index is 274. The molecule has 0 aliphatic heterocycles. The number of carbonyl (C=O) groups excluding carboxylic acids is 2. The highest BCUT2D eigenvalue weighted by molar-refractivity contribution is 5.82. The molecule has 0 spiro atoms. The first-order valence-electron chi connectivity index (χ1n) is 5.98. The quantitative estimate of drug-likeness (QED) is 0.500. The van der Waals surface area contributed by atoms with Gasteiger partial charge in [0.05, 0.1) is 19.2 Å². The Labute approximate surface area is 108 Å². The highest BCUT2D eigenvalue weighted by atomic mass is 16.6. The molecule has 0 aliphatic rings. The number of hydrogen-bond donors (Lipinski definition) is 2. The molecule has 0 saturated heterocycles. The fourth-order valence-corrected chi connectivity index (χ4v) is 1.14. The Hall–Kier alpha value is -1.14. The van der Waals surface area contributed by atoms with E-state index in [9.17, 15) is 9.59 Å². The highest BCUT2D eigenvalue weighted by Gasteiger charge is 2.18. The van der Waals surface area contributed by atoms with Gasteiger partial charge in [0.1, 0.15) is 5.60 Å². The zero-order valence-corrected chi connectivity index (χ0v) is 11.8. The van der Waals surface area contributed by atoms with Gasteiger partial charge in [0.15, 0.2) is 0 Å². The van der Waals surface area contributed by atoms with Gasteiger partial charge in [0.25, 0.3) is 0 Å². The van der Waals surface area contributed by atoms with Crippen molar-refractivity contribution in [3.63, 3.8) is 0 Å². The summed E-state index contributed by atoms with van der Waals surface area (Å²) in [6, 6.07) is -0.450. The van der Waals surface area contributed by atoms with Gasteiger partial charge in [-0.1, -0.05) is 0 Å². The van der Waals surface area contributed by atoms with Crippen LogP contribution in [0, 0.1) is 0 Å². The van der Waals surface area contributed by atoms with Gasteiger partial charge in [-0.05, 0) is 27.7 Å². The summed E-state index contributed by atoms with van der Waals surface area (Å²) in [6.07, 6.45) is 0. The number of nitrogens with one attached hydrogen (secondary N) is 2. The Morgan fingerprint density at radius 2 is 1.89 bits per heavy atom. The smallest absolute Gasteiger partial charge is 0.320 e. The zero-order valence-electron chi connectivity index (χ0n) is 11.8. The van der Waals surface area contributed by atoms with Gasteiger partial charge >= 0.3 is 5.97 Å². The largest absolute Gasteiger partial charge is 0.459 e. The van der Waals surface area contributed by atoms with Crippen LogP contribution in [0.2, 0.25) is 0 Å². The van der Waals surface area contributed by atoms with Gasteiger partial charge in [0.2, 0.25) is 5.91 Å². The molecule has 0 bridgehead atoms. The van der Waals surface area contributed by atoms with Gasteiger partial charge in [-0.15, -0.1) is 0 Å². The lowest BCUT2D eigenvalue weighted by Gasteiger charge is -2.20. The van der Waals surface area contributed by atoms with E-state index in [1.165, 1.54) is 0 Å². The van der Waals surface area contributed by atoms with Crippen LogP contribution in [0.5, 0.6) is 0 Å². The van der Waals surface area contributed by atoms with E-state index in [2.05, 4.69) is 10.6 Å². The van der Waals surface area contributed by atoms with Crippen molar-refractivity contribution < 1.29 is 19.1 Å². The van der Waals surface area contributed by atoms with Gasteiger partial charge in [0, 0.05) is 13.7 Å². The lowest BCUT2D eigenvalue weighted by atomic mass is 10.2. The minimum Gasteiger partial charge on any atom is -0.459 e. The second-order valence-corrected chi connectivity index (χ2v) is 4.97. The molecule has 0 rings (SSSR count). The van der Waals surface area contributed by atoms with E-state index in [0.717, 1.165) is 0 Å². The van der Waals surface area contributed by atoms with Crippen LogP contribution >= 0.6 is 0 Å². The molecule has 0 radical (unpaired) electrons. The molecule has 0 fully saturated rings. The molecule has 2 N–H and O–H groups in total. The zero-order chi connectivity index (χ0) is 14.2. The van der Waals surface area contributed by atoms with E-state index in [1.54, 1.807) is 34.8 Å². The molecule has 0 aromatic heterocycles. The summed E-state index contributed by atoms with van der Waals surface area (Å²) in [5.41, 5.74) is -0.511. The van der Waals surface area contributed by atoms with Crippen molar-refractivity contribution in [2.24, 2.45) is 0 Å². The Morgan fingerprint density at radius 3 is 2.39 bits per heavy atom. The molecule has 0 unspecified atom stereocenters. The topological polar surface area (TPSA) is 76.7 Å². The third kappa shape index (κ3) is 8.95. The monoisotopic (exact) mass is 260 g/mol. The van der Waals surface area contributed by atoms with E-state index in [-0.39, 0.29) is 18.4 Å². The minimum absolute atomic E-state index is 0.0101. The standard InChI is InChI=1S/C12H24N2O4/c1-9(11(16)13-6-7-17-5)14-8-10(15)18-12(2,3)4/h9,14H,6-8H2,1-5H3,(H,13,16)/t9-/m0/s1. The van der Waals surface area contributed by atoms with Gasteiger partial charge in [-0.2, -0.15) is 0 Å². The maximum atomic E-state index is 11.5. The molecule has 106 valence electrons. The van der Waals surface area contributed by atoms with E-state index in [4.69, 9.17) is 9.47 Å². The number of esters is 1. The van der Waals surface area contributed by atoms with Crippen LogP contribution in [0.4, 0.5) is 0 Å². The van der Waals surface area contributed by atoms with Crippen molar-refractivity contribution in [1.82, 2.24) is 10.6 Å². The van der Waals surface area contributed by atoms with E-state index in [1.807, 2.05) is 0 Å². The summed E-state index contributed by atoms with van der Waals surface area (Å²) < 4.78 is 9.93. The summed E-state index contributed by atoms with van der Waals surface area (Å²) in [5.74, 6) is -0.547. The maximum absolute atomic E-state index is 11.5. The Balaban J connectivity index is 3.84. The first-order chi connectivity index (χ1) is 8.26. The Kier molecular flexibility index (Phi) is 7.54. The van der Waals surface area contributed by atoms with E-state index >= 15 is 0 Å². The van der Waals surface area contributed by atoms with Crippen LogP contribution in [0.15, 0.2) is 0 Å². The second-order valence-electron chi connectivity index (χ2n) is 4.97. The number of methoxy groups -OCH3 is 1. The molecule has 0 heterocycles. The number of ether oxygens (including phenoxy) is 2. The molecule has 18 heavy (non-hydrogen) atoms. The first-order valence-corrected chi connectivity index (χ1v) is 5.98. The average Bonchev–Trinajstić information content (AvgIpc) is 2.23. The summed E-state index contributed by atoms with van der Waals surface area (Å²) in [6.45, 7) is 8.00. The fraction of sp³-hybridized carbons (Fsp3) is 0.833. The summed E-state index contributed by atoms with van der Waals surface area (Å²) in [7, 11) is 1.57. The minimum atomic E-state index is -0.511. The van der Waals surface area contributed by atoms with Crippen LogP contribution in [0.3, 0.4) is 0 Å². The highest BCUT2D eigenvalue weighted by Crippen LogP contribution is 2.06. The van der Waals surface area contributed by atoms with Crippen molar-refractivity contribution in [3.8, 4) is 0 Å². The normalized spacial score (nSPS) is 12.9. The predicted molar refractivity (Wildman–Crippen MR) is 68.2 cm³/mol. The molecule has 0 aromatic rings. The summed E-state index contributed by atoms with van der Waals surface area (Å²) >= 11 is 0. The molecule has 0 aliphatic carbocycles. The molecule has 1 atom stereocenters. The van der Waals surface area contributed by atoms with Crippen LogP contribution in [-0.2, 0) is 19.1 Å². The molecule has 0 aromatic carbocycles. The third-order valence-electron chi connectivity index (χ3n) is 1.97. The van der Waals surface area contributed by atoms with E-state index < -0.39 is 11.6 Å². The third-order valence-corrected chi connectivity index (χ3v) is 1.97. The molecule has 0 saturated carbocycles. The molecule has 6 nitrogen and oxygen atoms in total. The lowest BCUT2D eigenvalue weighted by molar-refractivity contribution is -0.153. The van der Waals surface area contributed by atoms with Crippen molar-refractivity contribution in [2.45, 2.75) is 39.3 Å². The first kappa shape index (κ1) is 16.9. The van der Waals surface area contributed by atoms with Gasteiger partial charge in [-0.25, -0.2) is 0 Å². The molecule has 1 amide bonds. The lowest BCUT2D eigenvalue weighted by Crippen LogP contribution is -2.45. The fourth-order valence-electron chi connectivity index (χ4n) is 1.14. The van der Waals surface area contributed by atoms with Crippen LogP contribution < -0.4 is 10.6 Å². The van der Waals surface area contributed by atoms with Crippen LogP contribution in [-0.4, -0.2) is 50.3 Å². The number of hydrogen-bond acceptors (Lipinski definition) is 5. The SMILES string of the molecule is COCCNC(=O)[C@H](C)NCC(=O)OC(C)(C)C. The second kappa shape index (κ2) is 8.05. The summed E-state index contributed by atoms with van der Waals surface area (Å²) in [5, 5.41) is 5.48. The molecule has 6 heteroatoms. The summed E-state index contributed by atoms with van der Waals surface area (Å²) in [4.78, 5) is 22.9. The van der Waals surface area contributed by atoms with Crippen molar-refractivity contribution in [3.05, 3.63) is 0 Å². The van der Waals surface area contributed by atoms with Gasteiger partial charge in [-0.3, -0.25) is 14.9 Å². The van der Waals surface area contributed by atoms with Crippen molar-refractivity contribution in [2.75, 3.05) is 26.8 Å². The maximum Gasteiger partial charge on any atom is 0.320 e. The number of rotatable bonds is 7. The number of carbonyl (C=O) groups is 2. The van der Waals surface area contributed by atoms with Crippen molar-refractivity contribution in [1.29, 1.82) is 0 Å². The van der Waals surface area contributed by atoms with E-state index in [0.29, 0.717) is 13.2 Å². The Morgan fingerprint density at radius 1 is 1.28 bits per heavy atom. The number of amides is 1. The van der Waals surface area contributed by atoms with Crippen LogP contribution in [0.25, 0.3) is 0 Å². The van der Waals surface area contributed by atoms with Crippen LogP contribution in [0.1, 0.15) is 27.7 Å². The van der Waals surface area contributed by atoms with Crippen molar-refractivity contribution >= 4 is 11.9 Å². The molecular formula is C12H24N2O4. The average molecular weight is 260 g/mol.